The maximum Gasteiger partial charge on any atom is 0.243 e. The zero-order chi connectivity index (χ0) is 24.3. The first-order valence-corrected chi connectivity index (χ1v) is 13.6. The quantitative estimate of drug-likeness (QED) is 0.602. The topological polar surface area (TPSA) is 88.8 Å². The number of aromatic nitrogens is 1. The fourth-order valence-electron chi connectivity index (χ4n) is 4.82. The van der Waals surface area contributed by atoms with Gasteiger partial charge in [0.25, 0.3) is 0 Å². The van der Waals surface area contributed by atoms with Crippen molar-refractivity contribution in [3.8, 4) is 0 Å². The van der Waals surface area contributed by atoms with Gasteiger partial charge in [0, 0.05) is 30.8 Å². The zero-order valence-corrected chi connectivity index (χ0v) is 20.8. The lowest BCUT2D eigenvalue weighted by molar-refractivity contribution is 0.0780. The number of carbonyl (C=O) groups is 2. The summed E-state index contributed by atoms with van der Waals surface area (Å²) >= 11 is 0. The van der Waals surface area contributed by atoms with Gasteiger partial charge in [0.2, 0.25) is 15.9 Å². The minimum atomic E-state index is -3.67. The highest BCUT2D eigenvalue weighted by atomic mass is 32.2. The summed E-state index contributed by atoms with van der Waals surface area (Å²) in [6, 6.07) is 10.2. The average Bonchev–Trinajstić information content (AvgIpc) is 2.84. The predicted octanol–water partition coefficient (Wildman–Crippen LogP) is 3.97. The molecule has 4 rings (SSSR count). The van der Waals surface area contributed by atoms with Gasteiger partial charge in [-0.1, -0.05) is 31.4 Å². The zero-order valence-electron chi connectivity index (χ0n) is 19.9. The maximum absolute atomic E-state index is 13.4. The number of hydrogen-bond acceptors (Lipinski definition) is 5. The minimum Gasteiger partial charge on any atom is -0.295 e. The summed E-state index contributed by atoms with van der Waals surface area (Å²) in [5.41, 5.74) is 2.25. The van der Waals surface area contributed by atoms with Crippen molar-refractivity contribution in [2.75, 3.05) is 13.1 Å². The lowest BCUT2D eigenvalue weighted by Crippen LogP contribution is -2.42. The van der Waals surface area contributed by atoms with Gasteiger partial charge >= 0.3 is 0 Å². The second-order valence-corrected chi connectivity index (χ2v) is 11.4. The van der Waals surface area contributed by atoms with Gasteiger partial charge < -0.3 is 0 Å². The van der Waals surface area contributed by atoms with E-state index in [1.807, 2.05) is 19.1 Å². The van der Waals surface area contributed by atoms with Crippen molar-refractivity contribution in [3.05, 3.63) is 59.2 Å². The Morgan fingerprint density at radius 3 is 2.21 bits per heavy atom. The van der Waals surface area contributed by atoms with E-state index in [1.165, 1.54) is 54.8 Å². The van der Waals surface area contributed by atoms with Crippen LogP contribution in [0.15, 0.2) is 52.5 Å². The Hall–Kier alpha value is -2.58. The molecule has 0 spiro atoms. The molecule has 0 amide bonds. The van der Waals surface area contributed by atoms with Crippen LogP contribution in [-0.2, 0) is 10.0 Å². The highest BCUT2D eigenvalue weighted by Crippen LogP contribution is 2.25. The molecule has 182 valence electrons. The van der Waals surface area contributed by atoms with Gasteiger partial charge in [-0.05, 0) is 69.4 Å². The van der Waals surface area contributed by atoms with Gasteiger partial charge in [0.05, 0.1) is 10.9 Å². The summed E-state index contributed by atoms with van der Waals surface area (Å²) < 4.78 is 29.2. The molecule has 8 heteroatoms. The molecule has 7 nitrogen and oxygen atoms in total. The fraction of sp³-hybridized carbons (Fsp3) is 0.500. The summed E-state index contributed by atoms with van der Waals surface area (Å²) in [6.07, 6.45) is 8.47. The van der Waals surface area contributed by atoms with Crippen LogP contribution in [0.2, 0.25) is 0 Å². The molecule has 1 aliphatic carbocycles. The molecule has 1 aromatic heterocycles. The van der Waals surface area contributed by atoms with Crippen LogP contribution < -0.4 is 5.49 Å². The molecule has 0 bridgehead atoms. The Kier molecular flexibility index (Phi) is 7.48. The normalized spacial score (nSPS) is 19.3. The minimum absolute atomic E-state index is 0.0163. The number of carbonyl (C=O) groups excluding carboxylic acids is 2. The summed E-state index contributed by atoms with van der Waals surface area (Å²) in [7, 11) is -3.67. The van der Waals surface area contributed by atoms with Gasteiger partial charge in [-0.25, -0.2) is 8.42 Å². The first-order chi connectivity index (χ1) is 16.3. The SMILES string of the molecule is CC(=O)c1ccc(S(=O)(=O)N2CCC(C(=O)n3ccc(C)cc3=NC3CCCCC3)CC2)cc1. The summed E-state index contributed by atoms with van der Waals surface area (Å²) in [4.78, 5) is 30.0. The third kappa shape index (κ3) is 5.39. The van der Waals surface area contributed by atoms with Crippen LogP contribution in [0.3, 0.4) is 0 Å². The van der Waals surface area contributed by atoms with Crippen LogP contribution in [0.4, 0.5) is 0 Å². The maximum atomic E-state index is 13.4. The predicted molar refractivity (Wildman–Crippen MR) is 130 cm³/mol. The number of rotatable bonds is 5. The van der Waals surface area contributed by atoms with Gasteiger partial charge in [0.15, 0.2) is 5.78 Å². The van der Waals surface area contributed by atoms with Crippen LogP contribution in [0.5, 0.6) is 0 Å². The summed E-state index contributed by atoms with van der Waals surface area (Å²) in [5.74, 6) is -0.372. The van der Waals surface area contributed by atoms with Gasteiger partial charge in [-0.2, -0.15) is 4.31 Å². The molecule has 1 aromatic carbocycles. The number of piperidine rings is 1. The van der Waals surface area contributed by atoms with Crippen molar-refractivity contribution in [1.82, 2.24) is 8.87 Å². The summed E-state index contributed by atoms with van der Waals surface area (Å²) in [6.45, 7) is 4.02. The van der Waals surface area contributed by atoms with Crippen molar-refractivity contribution >= 4 is 21.7 Å². The van der Waals surface area contributed by atoms with Crippen LogP contribution >= 0.6 is 0 Å². The lowest BCUT2D eigenvalue weighted by atomic mass is 9.96. The molecule has 2 aliphatic rings. The molecule has 2 aromatic rings. The number of hydrogen-bond donors (Lipinski definition) is 0. The molecule has 0 atom stereocenters. The molecule has 0 unspecified atom stereocenters. The van der Waals surface area contributed by atoms with E-state index in [0.29, 0.717) is 23.9 Å². The smallest absolute Gasteiger partial charge is 0.243 e. The van der Waals surface area contributed by atoms with E-state index in [-0.39, 0.29) is 41.6 Å². The van der Waals surface area contributed by atoms with Crippen LogP contribution in [-0.4, -0.2) is 48.1 Å². The van der Waals surface area contributed by atoms with Crippen LogP contribution in [0.25, 0.3) is 0 Å². The largest absolute Gasteiger partial charge is 0.295 e. The second kappa shape index (κ2) is 10.4. The number of benzene rings is 1. The second-order valence-electron chi connectivity index (χ2n) is 9.45. The van der Waals surface area contributed by atoms with Crippen molar-refractivity contribution in [2.24, 2.45) is 10.9 Å². The van der Waals surface area contributed by atoms with Gasteiger partial charge in [-0.15, -0.1) is 0 Å². The molecule has 34 heavy (non-hydrogen) atoms. The molecule has 0 N–H and O–H groups in total. The highest BCUT2D eigenvalue weighted by molar-refractivity contribution is 7.89. The van der Waals surface area contributed by atoms with E-state index in [1.54, 1.807) is 10.8 Å². The van der Waals surface area contributed by atoms with E-state index in [4.69, 9.17) is 4.99 Å². The molecule has 1 aliphatic heterocycles. The third-order valence-corrected chi connectivity index (χ3v) is 8.83. The van der Waals surface area contributed by atoms with E-state index in [0.717, 1.165) is 18.4 Å². The highest BCUT2D eigenvalue weighted by Gasteiger charge is 2.32. The van der Waals surface area contributed by atoms with Gasteiger partial charge in [-0.3, -0.25) is 19.1 Å². The molecule has 2 fully saturated rings. The molecular formula is C26H33N3O4S. The number of sulfonamides is 1. The Morgan fingerprint density at radius 2 is 1.59 bits per heavy atom. The third-order valence-electron chi connectivity index (χ3n) is 6.92. The number of aryl methyl sites for hydroxylation is 1. The van der Waals surface area contributed by atoms with E-state index in [9.17, 15) is 18.0 Å². The average molecular weight is 484 g/mol. The first-order valence-electron chi connectivity index (χ1n) is 12.1. The van der Waals surface area contributed by atoms with Gasteiger partial charge in [0.1, 0.15) is 5.49 Å². The molecule has 0 radical (unpaired) electrons. The number of nitrogens with zero attached hydrogens (tertiary/aromatic N) is 3. The Balaban J connectivity index is 1.48. The fourth-order valence-corrected chi connectivity index (χ4v) is 6.29. The Bertz CT molecular complexity index is 1220. The lowest BCUT2D eigenvalue weighted by Gasteiger charge is -2.30. The van der Waals surface area contributed by atoms with Crippen LogP contribution in [0, 0.1) is 12.8 Å². The van der Waals surface area contributed by atoms with E-state index < -0.39 is 10.0 Å². The molecular weight excluding hydrogens is 450 g/mol. The molecule has 1 saturated heterocycles. The molecule has 1 saturated carbocycles. The Labute approximate surface area is 201 Å². The van der Waals surface area contributed by atoms with E-state index >= 15 is 0 Å². The first kappa shape index (κ1) is 24.5. The van der Waals surface area contributed by atoms with Crippen molar-refractivity contribution < 1.29 is 18.0 Å². The molecule has 2 heterocycles. The number of ketones is 1. The standard InChI is InChI=1S/C26H33N3O4S/c1-19-12-17-29(25(18-19)27-23-6-4-3-5-7-23)26(31)22-13-15-28(16-14-22)34(32,33)24-10-8-21(9-11-24)20(2)30/h8-12,17-18,22-23H,3-7,13-16H2,1-2H3. The summed E-state index contributed by atoms with van der Waals surface area (Å²) in [5, 5.41) is 0. The van der Waals surface area contributed by atoms with Crippen LogP contribution in [0.1, 0.15) is 72.6 Å². The monoisotopic (exact) mass is 483 g/mol. The van der Waals surface area contributed by atoms with Crippen molar-refractivity contribution in [3.63, 3.8) is 0 Å². The number of pyridine rings is 1. The van der Waals surface area contributed by atoms with Crippen molar-refractivity contribution in [2.45, 2.75) is 69.7 Å². The number of Topliss-reactive ketones (excluding diaryl/α,β-unsaturated/α-hetero) is 1. The Morgan fingerprint density at radius 1 is 0.941 bits per heavy atom. The van der Waals surface area contributed by atoms with Crippen molar-refractivity contribution in [1.29, 1.82) is 0 Å². The van der Waals surface area contributed by atoms with E-state index in [2.05, 4.69) is 0 Å².